The van der Waals surface area contributed by atoms with Crippen molar-refractivity contribution >= 4 is 10.8 Å². The van der Waals surface area contributed by atoms with Crippen molar-refractivity contribution in [2.24, 2.45) is 0 Å². The second-order valence-corrected chi connectivity index (χ2v) is 7.15. The highest BCUT2D eigenvalue weighted by molar-refractivity contribution is 6.00. The number of rotatable bonds is 1. The summed E-state index contributed by atoms with van der Waals surface area (Å²) >= 11 is 0. The predicted molar refractivity (Wildman–Crippen MR) is 107 cm³/mol. The van der Waals surface area contributed by atoms with Gasteiger partial charge in [-0.25, -0.2) is 0 Å². The van der Waals surface area contributed by atoms with Gasteiger partial charge in [0.05, 0.1) is 0 Å². The molecule has 0 amide bonds. The smallest absolute Gasteiger partial charge is 0.000718 e. The van der Waals surface area contributed by atoms with Crippen molar-refractivity contribution in [3.05, 3.63) is 95.1 Å². The van der Waals surface area contributed by atoms with E-state index in [-0.39, 0.29) is 0 Å². The van der Waals surface area contributed by atoms with Gasteiger partial charge in [-0.1, -0.05) is 78.4 Å². The van der Waals surface area contributed by atoms with E-state index in [0.717, 1.165) is 6.42 Å². The molecule has 4 aromatic rings. The van der Waals surface area contributed by atoms with E-state index in [0.29, 0.717) is 0 Å². The fourth-order valence-electron chi connectivity index (χ4n) is 4.32. The molecule has 0 aromatic heterocycles. The average molecular weight is 320 g/mol. The lowest BCUT2D eigenvalue weighted by atomic mass is 9.88. The molecule has 4 aromatic carbocycles. The molecule has 0 aliphatic heterocycles. The van der Waals surface area contributed by atoms with Crippen LogP contribution in [-0.4, -0.2) is 0 Å². The summed E-state index contributed by atoms with van der Waals surface area (Å²) in [6.45, 7) is 4.40. The number of benzene rings is 4. The molecular weight excluding hydrogens is 300 g/mol. The number of hydrogen-bond donors (Lipinski definition) is 0. The van der Waals surface area contributed by atoms with E-state index in [1.807, 2.05) is 0 Å². The molecule has 0 radical (unpaired) electrons. The topological polar surface area (TPSA) is 0 Å². The summed E-state index contributed by atoms with van der Waals surface area (Å²) in [6, 6.07) is 26.9. The molecule has 0 N–H and O–H groups in total. The molecule has 0 spiro atoms. The van der Waals surface area contributed by atoms with Crippen LogP contribution in [-0.2, 0) is 6.42 Å². The lowest BCUT2D eigenvalue weighted by molar-refractivity contribution is 1.25. The normalized spacial score (nSPS) is 12.2. The summed E-state index contributed by atoms with van der Waals surface area (Å²) in [4.78, 5) is 0. The van der Waals surface area contributed by atoms with E-state index in [2.05, 4.69) is 86.6 Å². The Balaban J connectivity index is 1.83. The van der Waals surface area contributed by atoms with Gasteiger partial charge in [0.25, 0.3) is 0 Å². The molecular formula is C25H20. The minimum absolute atomic E-state index is 1.03. The molecule has 0 saturated carbocycles. The highest BCUT2D eigenvalue weighted by atomic mass is 14.3. The third-order valence-electron chi connectivity index (χ3n) is 5.50. The summed E-state index contributed by atoms with van der Waals surface area (Å²) in [5, 5.41) is 2.67. The zero-order chi connectivity index (χ0) is 17.0. The molecule has 0 heterocycles. The van der Waals surface area contributed by atoms with Crippen LogP contribution in [0.1, 0.15) is 22.3 Å². The van der Waals surface area contributed by atoms with Gasteiger partial charge in [0.15, 0.2) is 0 Å². The van der Waals surface area contributed by atoms with Crippen molar-refractivity contribution < 1.29 is 0 Å². The molecule has 0 nitrogen and oxygen atoms in total. The van der Waals surface area contributed by atoms with Crippen LogP contribution < -0.4 is 0 Å². The summed E-state index contributed by atoms with van der Waals surface area (Å²) in [5.41, 5.74) is 11.2. The molecule has 0 fully saturated rings. The first-order valence-corrected chi connectivity index (χ1v) is 8.93. The van der Waals surface area contributed by atoms with Crippen LogP contribution in [0.15, 0.2) is 72.8 Å². The van der Waals surface area contributed by atoms with Crippen LogP contribution in [0.3, 0.4) is 0 Å². The van der Waals surface area contributed by atoms with Crippen LogP contribution in [0.25, 0.3) is 33.0 Å². The highest BCUT2D eigenvalue weighted by Crippen LogP contribution is 2.44. The molecule has 0 atom stereocenters. The summed E-state index contributed by atoms with van der Waals surface area (Å²) in [5.74, 6) is 0. The monoisotopic (exact) mass is 320 g/mol. The van der Waals surface area contributed by atoms with E-state index in [1.54, 1.807) is 0 Å². The highest BCUT2D eigenvalue weighted by Gasteiger charge is 2.23. The average Bonchev–Trinajstić information content (AvgIpc) is 2.99. The van der Waals surface area contributed by atoms with Gasteiger partial charge in [0.1, 0.15) is 0 Å². The second kappa shape index (κ2) is 5.32. The van der Waals surface area contributed by atoms with Gasteiger partial charge in [-0.05, 0) is 70.0 Å². The van der Waals surface area contributed by atoms with Crippen molar-refractivity contribution in [2.45, 2.75) is 20.3 Å². The first kappa shape index (κ1) is 14.5. The van der Waals surface area contributed by atoms with Gasteiger partial charge in [-0.2, -0.15) is 0 Å². The molecule has 0 bridgehead atoms. The minimum Gasteiger partial charge on any atom is -0.0619 e. The summed E-state index contributed by atoms with van der Waals surface area (Å²) in [6.07, 6.45) is 1.03. The van der Waals surface area contributed by atoms with E-state index in [4.69, 9.17) is 0 Å². The molecule has 120 valence electrons. The van der Waals surface area contributed by atoms with Crippen molar-refractivity contribution in [3.8, 4) is 22.3 Å². The minimum atomic E-state index is 1.03. The molecule has 0 saturated heterocycles. The zero-order valence-corrected chi connectivity index (χ0v) is 14.6. The maximum atomic E-state index is 2.30. The fraction of sp³-hybridized carbons (Fsp3) is 0.120. The van der Waals surface area contributed by atoms with Crippen molar-refractivity contribution in [1.82, 2.24) is 0 Å². The first-order chi connectivity index (χ1) is 12.2. The van der Waals surface area contributed by atoms with Gasteiger partial charge in [0, 0.05) is 0 Å². The Bertz CT molecular complexity index is 1130. The van der Waals surface area contributed by atoms with Crippen LogP contribution in [0, 0.1) is 13.8 Å². The molecule has 5 rings (SSSR count). The molecule has 0 heteroatoms. The Kier molecular flexibility index (Phi) is 3.08. The van der Waals surface area contributed by atoms with Gasteiger partial charge >= 0.3 is 0 Å². The predicted octanol–water partition coefficient (Wildman–Crippen LogP) is 6.69. The lowest BCUT2D eigenvalue weighted by Crippen LogP contribution is -1.93. The van der Waals surface area contributed by atoms with Gasteiger partial charge < -0.3 is 0 Å². The SMILES string of the molecule is Cc1ccc2c(-c3c(C)ccc4c3Cc3ccccc3-4)cccc2c1. The van der Waals surface area contributed by atoms with E-state index >= 15 is 0 Å². The fourth-order valence-corrected chi connectivity index (χ4v) is 4.32. The largest absolute Gasteiger partial charge is 0.0619 e. The Morgan fingerprint density at radius 3 is 2.44 bits per heavy atom. The van der Waals surface area contributed by atoms with Gasteiger partial charge in [0.2, 0.25) is 0 Å². The van der Waals surface area contributed by atoms with E-state index in [9.17, 15) is 0 Å². The van der Waals surface area contributed by atoms with Crippen LogP contribution in [0.5, 0.6) is 0 Å². The van der Waals surface area contributed by atoms with Gasteiger partial charge in [-0.3, -0.25) is 0 Å². The van der Waals surface area contributed by atoms with Crippen molar-refractivity contribution in [2.75, 3.05) is 0 Å². The number of aryl methyl sites for hydroxylation is 2. The Morgan fingerprint density at radius 2 is 1.52 bits per heavy atom. The van der Waals surface area contributed by atoms with Crippen LogP contribution in [0.2, 0.25) is 0 Å². The van der Waals surface area contributed by atoms with Crippen LogP contribution >= 0.6 is 0 Å². The summed E-state index contributed by atoms with van der Waals surface area (Å²) in [7, 11) is 0. The molecule has 1 aliphatic rings. The third kappa shape index (κ3) is 2.14. The first-order valence-electron chi connectivity index (χ1n) is 8.93. The van der Waals surface area contributed by atoms with Crippen molar-refractivity contribution in [1.29, 1.82) is 0 Å². The van der Waals surface area contributed by atoms with E-state index < -0.39 is 0 Å². The maximum absolute atomic E-state index is 2.30. The number of fused-ring (bicyclic) bond motifs is 4. The maximum Gasteiger partial charge on any atom is -0.000718 e. The molecule has 0 unspecified atom stereocenters. The Hall–Kier alpha value is -2.86. The Labute approximate surface area is 148 Å². The molecule has 1 aliphatic carbocycles. The number of hydrogen-bond acceptors (Lipinski definition) is 0. The molecule has 25 heavy (non-hydrogen) atoms. The summed E-state index contributed by atoms with van der Waals surface area (Å²) < 4.78 is 0. The Morgan fingerprint density at radius 1 is 0.680 bits per heavy atom. The third-order valence-corrected chi connectivity index (χ3v) is 5.50. The standard InChI is InChI=1S/C25H20/c1-16-10-12-21-18(14-16)7-5-9-23(21)25-17(2)11-13-22-20-8-4-3-6-19(20)15-24(22)25/h3-14H,15H2,1-2H3. The second-order valence-electron chi connectivity index (χ2n) is 7.15. The van der Waals surface area contributed by atoms with E-state index in [1.165, 1.54) is 55.3 Å². The van der Waals surface area contributed by atoms with Crippen LogP contribution in [0.4, 0.5) is 0 Å². The van der Waals surface area contributed by atoms with Crippen molar-refractivity contribution in [3.63, 3.8) is 0 Å². The quantitative estimate of drug-likeness (QED) is 0.322. The lowest BCUT2D eigenvalue weighted by Gasteiger charge is -2.15. The van der Waals surface area contributed by atoms with Gasteiger partial charge in [-0.15, -0.1) is 0 Å². The zero-order valence-electron chi connectivity index (χ0n) is 14.6.